The molecule has 0 unspecified atom stereocenters. The molecule has 0 atom stereocenters. The predicted octanol–water partition coefficient (Wildman–Crippen LogP) is 0.682. The number of fused-ring (bicyclic) bond motifs is 1. The third kappa shape index (κ3) is 3.52. The molecule has 0 radical (unpaired) electrons. The molecule has 136 valence electrons. The highest BCUT2D eigenvalue weighted by molar-refractivity contribution is 7.92. The molecule has 0 saturated heterocycles. The van der Waals surface area contributed by atoms with Crippen LogP contribution in [0.25, 0.3) is 0 Å². The zero-order valence-corrected chi connectivity index (χ0v) is 14.7. The minimum absolute atomic E-state index is 0.210. The maximum Gasteiger partial charge on any atom is 0.405 e. The number of nitrogens with zero attached hydrogens (tertiary/aromatic N) is 2. The van der Waals surface area contributed by atoms with E-state index in [1.807, 2.05) is 0 Å². The van der Waals surface area contributed by atoms with Crippen molar-refractivity contribution in [1.29, 1.82) is 0 Å². The fourth-order valence-corrected chi connectivity index (χ4v) is 3.72. The van der Waals surface area contributed by atoms with Gasteiger partial charge in [0.2, 0.25) is 10.0 Å². The second-order valence-electron chi connectivity index (χ2n) is 5.84. The lowest BCUT2D eigenvalue weighted by molar-refractivity contribution is -0.608. The maximum absolute atomic E-state index is 12.2. The molecule has 0 saturated carbocycles. The lowest BCUT2D eigenvalue weighted by atomic mass is 10.1. The average molecular weight is 376 g/mol. The maximum atomic E-state index is 12.2. The number of pyridine rings is 1. The number of hydrogen-bond acceptors (Lipinski definition) is 6. The molecule has 1 aliphatic rings. The van der Waals surface area contributed by atoms with E-state index in [9.17, 15) is 23.2 Å². The van der Waals surface area contributed by atoms with Gasteiger partial charge in [0.25, 0.3) is 0 Å². The number of carbonyl (C=O) groups excluding carboxylic acids is 2. The van der Waals surface area contributed by atoms with Crippen LogP contribution in [0.4, 0.5) is 5.69 Å². The third-order valence-electron chi connectivity index (χ3n) is 4.02. The van der Waals surface area contributed by atoms with E-state index < -0.39 is 28.4 Å². The van der Waals surface area contributed by atoms with Gasteiger partial charge in [-0.15, -0.1) is 0 Å². The van der Waals surface area contributed by atoms with Crippen LogP contribution in [0.5, 0.6) is 0 Å². The average Bonchev–Trinajstić information content (AvgIpc) is 3.03. The van der Waals surface area contributed by atoms with E-state index in [4.69, 9.17) is 4.74 Å². The molecule has 9 heteroatoms. The summed E-state index contributed by atoms with van der Waals surface area (Å²) < 4.78 is 30.0. The van der Waals surface area contributed by atoms with E-state index in [0.29, 0.717) is 28.9 Å². The van der Waals surface area contributed by atoms with Crippen molar-refractivity contribution in [2.75, 3.05) is 23.7 Å². The first kappa shape index (κ1) is 17.9. The molecule has 8 nitrogen and oxygen atoms in total. The second-order valence-corrected chi connectivity index (χ2v) is 7.75. The Morgan fingerprint density at radius 1 is 1.27 bits per heavy atom. The van der Waals surface area contributed by atoms with Crippen LogP contribution in [0.1, 0.15) is 26.4 Å². The number of aromatic nitrogens is 1. The van der Waals surface area contributed by atoms with Crippen molar-refractivity contribution in [3.8, 4) is 0 Å². The van der Waals surface area contributed by atoms with Gasteiger partial charge in [-0.1, -0.05) is 0 Å². The summed E-state index contributed by atoms with van der Waals surface area (Å²) in [4.78, 5) is 24.1. The van der Waals surface area contributed by atoms with E-state index in [2.05, 4.69) is 0 Å². The largest absolute Gasteiger partial charge is 0.618 e. The standard InChI is InChI=1S/C17H16N2O6S/c1-26(23,24)19-9-7-12-10-13(5-6-14(12)19)16(20)11-25-17(21)15-4-2-3-8-18(15)22/h2-6,8,10H,7,9,11H2,1H3. The fourth-order valence-electron chi connectivity index (χ4n) is 2.76. The van der Waals surface area contributed by atoms with Crippen molar-refractivity contribution >= 4 is 27.5 Å². The highest BCUT2D eigenvalue weighted by atomic mass is 32.2. The van der Waals surface area contributed by atoms with Crippen LogP contribution in [0.15, 0.2) is 42.6 Å². The van der Waals surface area contributed by atoms with E-state index in [1.165, 1.54) is 28.6 Å². The molecule has 2 heterocycles. The van der Waals surface area contributed by atoms with Crippen molar-refractivity contribution < 1.29 is 27.5 Å². The molecule has 0 bridgehead atoms. The topological polar surface area (TPSA) is 108 Å². The van der Waals surface area contributed by atoms with Crippen LogP contribution in [0, 0.1) is 5.21 Å². The Labute approximate surface area is 150 Å². The van der Waals surface area contributed by atoms with Gasteiger partial charge in [0.15, 0.2) is 18.6 Å². The van der Waals surface area contributed by atoms with Crippen molar-refractivity contribution in [2.24, 2.45) is 0 Å². The summed E-state index contributed by atoms with van der Waals surface area (Å²) in [5.41, 5.74) is 1.40. The van der Waals surface area contributed by atoms with Crippen molar-refractivity contribution in [2.45, 2.75) is 6.42 Å². The van der Waals surface area contributed by atoms with Crippen LogP contribution in [-0.4, -0.2) is 39.6 Å². The Kier molecular flexibility index (Phi) is 4.64. The van der Waals surface area contributed by atoms with Gasteiger partial charge in [-0.25, -0.2) is 13.2 Å². The van der Waals surface area contributed by atoms with Crippen LogP contribution in [0.3, 0.4) is 0 Å². The van der Waals surface area contributed by atoms with Gasteiger partial charge in [-0.05, 0) is 36.2 Å². The number of benzene rings is 1. The number of ketones is 1. The van der Waals surface area contributed by atoms with Gasteiger partial charge in [0, 0.05) is 24.2 Å². The number of Topliss-reactive ketones (excluding diaryl/α,β-unsaturated/α-hetero) is 1. The highest BCUT2D eigenvalue weighted by Gasteiger charge is 2.27. The third-order valence-corrected chi connectivity index (χ3v) is 5.20. The Morgan fingerprint density at radius 2 is 2.04 bits per heavy atom. The summed E-state index contributed by atoms with van der Waals surface area (Å²) >= 11 is 0. The molecule has 0 fully saturated rings. The zero-order chi connectivity index (χ0) is 18.9. The number of hydrogen-bond donors (Lipinski definition) is 0. The first-order valence-corrected chi connectivity index (χ1v) is 9.61. The molecule has 0 amide bonds. The second kappa shape index (κ2) is 6.75. The molecule has 0 spiro atoms. The normalized spacial score (nSPS) is 13.3. The highest BCUT2D eigenvalue weighted by Crippen LogP contribution is 2.30. The van der Waals surface area contributed by atoms with Crippen molar-refractivity contribution in [3.05, 3.63) is 64.6 Å². The minimum Gasteiger partial charge on any atom is -0.618 e. The Hall–Kier alpha value is -2.94. The molecule has 0 N–H and O–H groups in total. The SMILES string of the molecule is CS(=O)(=O)N1CCc2cc(C(=O)COC(=O)c3cccc[n+]3[O-])ccc21. The molecule has 26 heavy (non-hydrogen) atoms. The van der Waals surface area contributed by atoms with Gasteiger partial charge in [0.1, 0.15) is 0 Å². The molecular formula is C17H16N2O6S. The quantitative estimate of drug-likeness (QED) is 0.329. The Bertz CT molecular complexity index is 986. The van der Waals surface area contributed by atoms with Gasteiger partial charge < -0.3 is 9.94 Å². The van der Waals surface area contributed by atoms with E-state index in [-0.39, 0.29) is 5.69 Å². The molecule has 1 aromatic heterocycles. The Balaban J connectivity index is 1.70. The van der Waals surface area contributed by atoms with Gasteiger partial charge in [-0.3, -0.25) is 9.10 Å². The van der Waals surface area contributed by atoms with Crippen LogP contribution in [0.2, 0.25) is 0 Å². The number of esters is 1. The number of anilines is 1. The van der Waals surface area contributed by atoms with Gasteiger partial charge >= 0.3 is 11.7 Å². The molecule has 2 aromatic rings. The predicted molar refractivity (Wildman–Crippen MR) is 92.4 cm³/mol. The summed E-state index contributed by atoms with van der Waals surface area (Å²) in [5.74, 6) is -1.33. The van der Waals surface area contributed by atoms with Gasteiger partial charge in [0.05, 0.1) is 11.9 Å². The summed E-state index contributed by atoms with van der Waals surface area (Å²) in [7, 11) is -3.36. The molecule has 3 rings (SSSR count). The number of sulfonamides is 1. The lowest BCUT2D eigenvalue weighted by Crippen LogP contribution is -2.35. The molecule has 1 aromatic carbocycles. The summed E-state index contributed by atoms with van der Waals surface area (Å²) in [6.45, 7) is -0.180. The summed E-state index contributed by atoms with van der Waals surface area (Å²) in [5, 5.41) is 11.5. The van der Waals surface area contributed by atoms with Crippen LogP contribution >= 0.6 is 0 Å². The van der Waals surface area contributed by atoms with E-state index in [1.54, 1.807) is 12.1 Å². The first-order chi connectivity index (χ1) is 12.3. The number of ether oxygens (including phenoxy) is 1. The zero-order valence-electron chi connectivity index (χ0n) is 13.9. The first-order valence-electron chi connectivity index (χ1n) is 7.76. The monoisotopic (exact) mass is 376 g/mol. The van der Waals surface area contributed by atoms with Crippen LogP contribution < -0.4 is 9.04 Å². The van der Waals surface area contributed by atoms with Gasteiger partial charge in [-0.2, -0.15) is 4.73 Å². The lowest BCUT2D eigenvalue weighted by Gasteiger charge is -2.16. The summed E-state index contributed by atoms with van der Waals surface area (Å²) in [6, 6.07) is 8.96. The number of rotatable bonds is 5. The number of carbonyl (C=O) groups is 2. The van der Waals surface area contributed by atoms with Crippen molar-refractivity contribution in [3.63, 3.8) is 0 Å². The smallest absolute Gasteiger partial charge is 0.405 e. The summed E-state index contributed by atoms with van der Waals surface area (Å²) in [6.07, 6.45) is 2.79. The minimum atomic E-state index is -3.36. The van der Waals surface area contributed by atoms with Crippen LogP contribution in [-0.2, 0) is 21.2 Å². The molecule has 1 aliphatic heterocycles. The Morgan fingerprint density at radius 3 is 2.73 bits per heavy atom. The fraction of sp³-hybridized carbons (Fsp3) is 0.235. The van der Waals surface area contributed by atoms with E-state index in [0.717, 1.165) is 18.0 Å². The van der Waals surface area contributed by atoms with E-state index >= 15 is 0 Å². The van der Waals surface area contributed by atoms with Crippen molar-refractivity contribution in [1.82, 2.24) is 0 Å². The molecule has 0 aliphatic carbocycles. The molecular weight excluding hydrogens is 360 g/mol.